The molecule has 106 valence electrons. The molecule has 18 heavy (non-hydrogen) atoms. The van der Waals surface area contributed by atoms with E-state index < -0.39 is 0 Å². The molecule has 0 fully saturated rings. The highest BCUT2D eigenvalue weighted by Crippen LogP contribution is 2.32. The van der Waals surface area contributed by atoms with Crippen LogP contribution in [0.25, 0.3) is 0 Å². The fourth-order valence-electron chi connectivity index (χ4n) is 3.00. The van der Waals surface area contributed by atoms with Gasteiger partial charge in [0.25, 0.3) is 0 Å². The molecule has 0 aliphatic heterocycles. The van der Waals surface area contributed by atoms with Crippen molar-refractivity contribution in [1.82, 2.24) is 0 Å². The van der Waals surface area contributed by atoms with Crippen LogP contribution in [0.5, 0.6) is 0 Å². The molecule has 2 radical (unpaired) electrons. The van der Waals surface area contributed by atoms with Gasteiger partial charge in [-0.1, -0.05) is 84.4 Å². The van der Waals surface area contributed by atoms with Crippen LogP contribution in [0.3, 0.4) is 0 Å². The van der Waals surface area contributed by atoms with Gasteiger partial charge in [-0.2, -0.15) is 0 Å². The Morgan fingerprint density at radius 1 is 0.889 bits per heavy atom. The van der Waals surface area contributed by atoms with Gasteiger partial charge in [0, 0.05) is 0 Å². The van der Waals surface area contributed by atoms with Crippen LogP contribution < -0.4 is 5.73 Å². The van der Waals surface area contributed by atoms with Crippen LogP contribution >= 0.6 is 0 Å². The highest BCUT2D eigenvalue weighted by Gasteiger charge is 2.22. The van der Waals surface area contributed by atoms with Crippen molar-refractivity contribution in [2.24, 2.45) is 17.6 Å². The summed E-state index contributed by atoms with van der Waals surface area (Å²) in [5, 5.41) is 0. The van der Waals surface area contributed by atoms with E-state index in [1.54, 1.807) is 0 Å². The van der Waals surface area contributed by atoms with Gasteiger partial charge in [0.05, 0.1) is 7.85 Å². The normalized spacial score (nSPS) is 16.4. The van der Waals surface area contributed by atoms with E-state index in [-0.39, 0.29) is 0 Å². The van der Waals surface area contributed by atoms with Gasteiger partial charge in [-0.05, 0) is 18.4 Å². The van der Waals surface area contributed by atoms with Crippen LogP contribution in [0.2, 0.25) is 5.82 Å². The Bertz CT molecular complexity index is 168. The van der Waals surface area contributed by atoms with Crippen LogP contribution in [-0.4, -0.2) is 14.4 Å². The Morgan fingerprint density at radius 2 is 1.50 bits per heavy atom. The summed E-state index contributed by atoms with van der Waals surface area (Å²) >= 11 is 0. The summed E-state index contributed by atoms with van der Waals surface area (Å²) in [4.78, 5) is 0. The first kappa shape index (κ1) is 18.0. The summed E-state index contributed by atoms with van der Waals surface area (Å²) in [6, 6.07) is 0. The van der Waals surface area contributed by atoms with Gasteiger partial charge < -0.3 is 5.73 Å². The van der Waals surface area contributed by atoms with Crippen molar-refractivity contribution in [2.75, 3.05) is 6.54 Å². The molecule has 0 rings (SSSR count). The summed E-state index contributed by atoms with van der Waals surface area (Å²) in [6.45, 7) is 7.54. The molecule has 0 saturated heterocycles. The van der Waals surface area contributed by atoms with E-state index in [1.165, 1.54) is 57.8 Å². The van der Waals surface area contributed by atoms with Crippen molar-refractivity contribution in [1.29, 1.82) is 0 Å². The van der Waals surface area contributed by atoms with E-state index in [2.05, 4.69) is 20.8 Å². The fraction of sp³-hybridized carbons (Fsp3) is 1.00. The molecule has 0 aliphatic rings. The third kappa shape index (κ3) is 7.46. The maximum Gasteiger partial charge on any atom is 0.0703 e. The van der Waals surface area contributed by atoms with Crippen molar-refractivity contribution in [3.05, 3.63) is 0 Å². The molecule has 0 heterocycles. The molecule has 0 amide bonds. The van der Waals surface area contributed by atoms with Crippen molar-refractivity contribution in [3.8, 4) is 0 Å². The molecule has 3 atom stereocenters. The van der Waals surface area contributed by atoms with E-state index in [9.17, 15) is 0 Å². The lowest BCUT2D eigenvalue weighted by molar-refractivity contribution is 0.293. The largest absolute Gasteiger partial charge is 0.330 e. The zero-order chi connectivity index (χ0) is 13.8. The van der Waals surface area contributed by atoms with Gasteiger partial charge in [0.15, 0.2) is 0 Å². The summed E-state index contributed by atoms with van der Waals surface area (Å²) in [7, 11) is 6.37. The Kier molecular flexibility index (Phi) is 12.1. The first-order chi connectivity index (χ1) is 8.71. The Balaban J connectivity index is 3.79. The topological polar surface area (TPSA) is 26.0 Å². The third-order valence-electron chi connectivity index (χ3n) is 4.34. The highest BCUT2D eigenvalue weighted by atomic mass is 14.6. The standard InChI is InChI=1S/C16H34BN/c1-4-7-8-9-10-11-12-16(17)15(6-3)14(5-2)13-18/h14-16H,4-13,18H2,1-3H3. The fourth-order valence-corrected chi connectivity index (χ4v) is 3.00. The van der Waals surface area contributed by atoms with Gasteiger partial charge in [-0.25, -0.2) is 0 Å². The SMILES string of the molecule is [B]C(CCCCCCCC)C(CC)C(CC)CN. The quantitative estimate of drug-likeness (QED) is 0.394. The van der Waals surface area contributed by atoms with Crippen LogP contribution in [0.1, 0.15) is 78.6 Å². The van der Waals surface area contributed by atoms with Crippen LogP contribution in [0.15, 0.2) is 0 Å². The van der Waals surface area contributed by atoms with Crippen LogP contribution in [0, 0.1) is 11.8 Å². The number of rotatable bonds is 12. The van der Waals surface area contributed by atoms with Crippen molar-refractivity contribution < 1.29 is 0 Å². The van der Waals surface area contributed by atoms with Gasteiger partial charge in [-0.15, -0.1) is 0 Å². The second-order valence-electron chi connectivity index (χ2n) is 5.70. The maximum absolute atomic E-state index is 6.37. The molecule has 0 spiro atoms. The monoisotopic (exact) mass is 251 g/mol. The molecular weight excluding hydrogens is 217 g/mol. The second-order valence-corrected chi connectivity index (χ2v) is 5.70. The molecule has 0 saturated carbocycles. The minimum atomic E-state index is 0.356. The van der Waals surface area contributed by atoms with Gasteiger partial charge in [0.1, 0.15) is 0 Å². The summed E-state index contributed by atoms with van der Waals surface area (Å²) in [5.74, 6) is 1.59. The minimum Gasteiger partial charge on any atom is -0.330 e. The van der Waals surface area contributed by atoms with Crippen LogP contribution in [-0.2, 0) is 0 Å². The molecule has 0 aromatic heterocycles. The smallest absolute Gasteiger partial charge is 0.0703 e. The molecule has 1 nitrogen and oxygen atoms in total. The Labute approximate surface area is 117 Å². The number of nitrogens with two attached hydrogens (primary N) is 1. The predicted molar refractivity (Wildman–Crippen MR) is 84.1 cm³/mol. The summed E-state index contributed by atoms with van der Waals surface area (Å²) in [5.41, 5.74) is 5.85. The zero-order valence-corrected chi connectivity index (χ0v) is 13.0. The number of hydrogen-bond acceptors (Lipinski definition) is 1. The first-order valence-electron chi connectivity index (χ1n) is 8.16. The third-order valence-corrected chi connectivity index (χ3v) is 4.34. The lowest BCUT2D eigenvalue weighted by atomic mass is 9.66. The summed E-state index contributed by atoms with van der Waals surface area (Å²) < 4.78 is 0. The van der Waals surface area contributed by atoms with Crippen molar-refractivity contribution in [3.63, 3.8) is 0 Å². The van der Waals surface area contributed by atoms with E-state index >= 15 is 0 Å². The molecule has 0 aliphatic carbocycles. The van der Waals surface area contributed by atoms with E-state index in [4.69, 9.17) is 13.6 Å². The number of hydrogen-bond donors (Lipinski definition) is 1. The van der Waals surface area contributed by atoms with Crippen molar-refractivity contribution in [2.45, 2.75) is 84.4 Å². The number of unbranched alkanes of at least 4 members (excludes halogenated alkanes) is 5. The molecule has 0 aromatic rings. The predicted octanol–water partition coefficient (Wildman–Crippen LogP) is 4.71. The maximum atomic E-state index is 6.37. The molecule has 3 unspecified atom stereocenters. The molecule has 0 bridgehead atoms. The van der Waals surface area contributed by atoms with Gasteiger partial charge in [-0.3, -0.25) is 0 Å². The van der Waals surface area contributed by atoms with E-state index in [0.717, 1.165) is 6.54 Å². The Hall–Kier alpha value is 0.0249. The van der Waals surface area contributed by atoms with Gasteiger partial charge >= 0.3 is 0 Å². The van der Waals surface area contributed by atoms with E-state index in [0.29, 0.717) is 17.7 Å². The van der Waals surface area contributed by atoms with Gasteiger partial charge in [0.2, 0.25) is 0 Å². The first-order valence-corrected chi connectivity index (χ1v) is 8.16. The summed E-state index contributed by atoms with van der Waals surface area (Å²) in [6.07, 6.45) is 11.6. The minimum absolute atomic E-state index is 0.356. The Morgan fingerprint density at radius 3 is 2.00 bits per heavy atom. The molecule has 0 aromatic carbocycles. The zero-order valence-electron chi connectivity index (χ0n) is 13.0. The lowest BCUT2D eigenvalue weighted by Gasteiger charge is -2.30. The lowest BCUT2D eigenvalue weighted by Crippen LogP contribution is -2.26. The van der Waals surface area contributed by atoms with Crippen LogP contribution in [0.4, 0.5) is 0 Å². The second kappa shape index (κ2) is 12.1. The highest BCUT2D eigenvalue weighted by molar-refractivity contribution is 6.11. The molecule has 2 N–H and O–H groups in total. The molecular formula is C16H34BN. The average Bonchev–Trinajstić information content (AvgIpc) is 2.39. The van der Waals surface area contributed by atoms with E-state index in [1.807, 2.05) is 0 Å². The molecule has 2 heteroatoms. The average molecular weight is 251 g/mol. The van der Waals surface area contributed by atoms with Crippen molar-refractivity contribution >= 4 is 7.85 Å².